The van der Waals surface area contributed by atoms with E-state index in [-0.39, 0.29) is 20.6 Å². The third-order valence-corrected chi connectivity index (χ3v) is 6.58. The minimum absolute atomic E-state index is 0.0317. The monoisotopic (exact) mass is 378 g/mol. The summed E-state index contributed by atoms with van der Waals surface area (Å²) < 4.78 is 53.6. The van der Waals surface area contributed by atoms with E-state index >= 15 is 0 Å². The van der Waals surface area contributed by atoms with Crippen molar-refractivity contribution in [3.05, 3.63) is 35.7 Å². The van der Waals surface area contributed by atoms with Crippen LogP contribution in [-0.4, -0.2) is 44.8 Å². The number of nitrogens with zero attached hydrogens (tertiary/aromatic N) is 3. The maximum atomic E-state index is 12.3. The average Bonchev–Trinajstić information content (AvgIpc) is 2.87. The summed E-state index contributed by atoms with van der Waals surface area (Å²) >= 11 is 5.98. The summed E-state index contributed by atoms with van der Waals surface area (Å²) in [5.74, 6) is 0. The summed E-state index contributed by atoms with van der Waals surface area (Å²) in [6.45, 7) is 0. The number of hydrogen-bond acceptors (Lipinski definition) is 5. The normalized spacial score (nSPS) is 12.6. The molecule has 1 N–H and O–H groups in total. The number of anilines is 1. The lowest BCUT2D eigenvalue weighted by atomic mass is 10.3. The molecule has 0 spiro atoms. The lowest BCUT2D eigenvalue weighted by Crippen LogP contribution is -2.22. The second-order valence-electron chi connectivity index (χ2n) is 4.88. The number of imidazole rings is 1. The van der Waals surface area contributed by atoms with Crippen molar-refractivity contribution in [2.45, 2.75) is 9.92 Å². The minimum Gasteiger partial charge on any atom is -0.323 e. The summed E-state index contributed by atoms with van der Waals surface area (Å²) in [4.78, 5) is 3.67. The number of aromatic nitrogens is 2. The molecule has 0 bridgehead atoms. The molecule has 0 aliphatic carbocycles. The molecule has 0 unspecified atom stereocenters. The van der Waals surface area contributed by atoms with Crippen LogP contribution in [0.2, 0.25) is 5.02 Å². The van der Waals surface area contributed by atoms with Crippen molar-refractivity contribution in [3.63, 3.8) is 0 Å². The highest BCUT2D eigenvalue weighted by Gasteiger charge is 2.22. The molecule has 1 aromatic carbocycles. The van der Waals surface area contributed by atoms with E-state index in [1.807, 2.05) is 0 Å². The third kappa shape index (κ3) is 3.50. The number of hydrogen-bond donors (Lipinski definition) is 1. The summed E-state index contributed by atoms with van der Waals surface area (Å²) in [7, 11) is -3.38. The van der Waals surface area contributed by atoms with Gasteiger partial charge in [-0.25, -0.2) is 17.7 Å². The zero-order valence-corrected chi connectivity index (χ0v) is 14.9. The Morgan fingerprint density at radius 2 is 1.87 bits per heavy atom. The van der Waals surface area contributed by atoms with Crippen LogP contribution in [0.25, 0.3) is 0 Å². The van der Waals surface area contributed by atoms with Gasteiger partial charge in [-0.1, -0.05) is 11.6 Å². The second kappa shape index (κ2) is 6.11. The van der Waals surface area contributed by atoms with Crippen LogP contribution in [-0.2, 0) is 27.1 Å². The predicted octanol–water partition coefficient (Wildman–Crippen LogP) is 1.12. The van der Waals surface area contributed by atoms with Gasteiger partial charge in [0.05, 0.1) is 28.1 Å². The molecule has 23 heavy (non-hydrogen) atoms. The molecule has 2 rings (SSSR count). The maximum absolute atomic E-state index is 12.3. The topological polar surface area (TPSA) is 101 Å². The third-order valence-electron chi connectivity index (χ3n) is 3.01. The Labute approximate surface area is 139 Å². The van der Waals surface area contributed by atoms with Crippen LogP contribution in [0.1, 0.15) is 0 Å². The van der Waals surface area contributed by atoms with Gasteiger partial charge < -0.3 is 4.57 Å². The Bertz CT molecular complexity index is 936. The van der Waals surface area contributed by atoms with E-state index in [9.17, 15) is 16.8 Å². The zero-order chi connectivity index (χ0) is 17.4. The number of sulfonamides is 2. The first kappa shape index (κ1) is 17.7. The Hall–Kier alpha value is -1.62. The molecule has 0 saturated carbocycles. The van der Waals surface area contributed by atoms with Crippen LogP contribution in [0.15, 0.2) is 40.6 Å². The van der Waals surface area contributed by atoms with Gasteiger partial charge in [0.25, 0.3) is 10.0 Å². The molecule has 0 aliphatic heterocycles. The molecule has 0 saturated heterocycles. The van der Waals surface area contributed by atoms with Gasteiger partial charge in [0.15, 0.2) is 5.03 Å². The van der Waals surface area contributed by atoms with Gasteiger partial charge in [-0.15, -0.1) is 0 Å². The smallest absolute Gasteiger partial charge is 0.279 e. The summed E-state index contributed by atoms with van der Waals surface area (Å²) in [5.41, 5.74) is -0.0317. The molecule has 1 heterocycles. The largest absolute Gasteiger partial charge is 0.323 e. The van der Waals surface area contributed by atoms with Crippen LogP contribution in [0.5, 0.6) is 0 Å². The molecule has 0 radical (unpaired) electrons. The summed E-state index contributed by atoms with van der Waals surface area (Å²) in [6.07, 6.45) is 2.51. The maximum Gasteiger partial charge on any atom is 0.279 e. The number of nitrogens with one attached hydrogen (secondary N) is 1. The molecule has 126 valence electrons. The summed E-state index contributed by atoms with van der Waals surface area (Å²) in [6, 6.07) is 3.80. The van der Waals surface area contributed by atoms with Crippen LogP contribution < -0.4 is 4.72 Å². The first-order valence-corrected chi connectivity index (χ1v) is 9.57. The van der Waals surface area contributed by atoms with Crippen molar-refractivity contribution < 1.29 is 16.8 Å². The highest BCUT2D eigenvalue weighted by Crippen LogP contribution is 2.28. The number of benzene rings is 1. The van der Waals surface area contributed by atoms with E-state index in [1.165, 1.54) is 56.4 Å². The molecular weight excluding hydrogens is 364 g/mol. The van der Waals surface area contributed by atoms with E-state index in [4.69, 9.17) is 11.6 Å². The molecule has 11 heteroatoms. The van der Waals surface area contributed by atoms with Gasteiger partial charge in [0, 0.05) is 21.1 Å². The Balaban J connectivity index is 2.47. The number of halogens is 1. The Morgan fingerprint density at radius 1 is 1.22 bits per heavy atom. The molecular formula is C12H15ClN4O4S2. The van der Waals surface area contributed by atoms with E-state index < -0.39 is 20.0 Å². The van der Waals surface area contributed by atoms with Crippen molar-refractivity contribution >= 4 is 37.3 Å². The zero-order valence-electron chi connectivity index (χ0n) is 12.6. The van der Waals surface area contributed by atoms with E-state index in [2.05, 4.69) is 9.71 Å². The Kier molecular flexibility index (Phi) is 4.71. The van der Waals surface area contributed by atoms with Crippen LogP contribution in [0.3, 0.4) is 0 Å². The lowest BCUT2D eigenvalue weighted by Gasteiger charge is -2.14. The first-order valence-electron chi connectivity index (χ1n) is 6.27. The SMILES string of the molecule is CN(C)S(=O)(=O)c1ccc(Cl)c(NS(=O)(=O)c2cncn2C)c1. The average molecular weight is 379 g/mol. The van der Waals surface area contributed by atoms with E-state index in [0.717, 1.165) is 4.31 Å². The highest BCUT2D eigenvalue weighted by molar-refractivity contribution is 7.92. The van der Waals surface area contributed by atoms with Crippen molar-refractivity contribution in [2.75, 3.05) is 18.8 Å². The van der Waals surface area contributed by atoms with Gasteiger partial charge >= 0.3 is 0 Å². The quantitative estimate of drug-likeness (QED) is 0.840. The highest BCUT2D eigenvalue weighted by atomic mass is 35.5. The second-order valence-corrected chi connectivity index (χ2v) is 9.07. The molecule has 8 nitrogen and oxygen atoms in total. The van der Waals surface area contributed by atoms with Crippen molar-refractivity contribution in [3.8, 4) is 0 Å². The van der Waals surface area contributed by atoms with Gasteiger partial charge in [-0.3, -0.25) is 4.72 Å². The van der Waals surface area contributed by atoms with E-state index in [1.54, 1.807) is 0 Å². The molecule has 0 atom stereocenters. The van der Waals surface area contributed by atoms with Gasteiger partial charge in [0.2, 0.25) is 10.0 Å². The van der Waals surface area contributed by atoms with Crippen LogP contribution >= 0.6 is 11.6 Å². The standard InChI is InChI=1S/C12H15ClN4O4S2/c1-16(2)23(20,21)9-4-5-10(13)11(6-9)15-22(18,19)12-7-14-8-17(12)3/h4-8,15H,1-3H3. The lowest BCUT2D eigenvalue weighted by molar-refractivity contribution is 0.520. The molecule has 0 aliphatic rings. The van der Waals surface area contributed by atoms with Crippen LogP contribution in [0.4, 0.5) is 5.69 Å². The first-order chi connectivity index (χ1) is 10.6. The number of aryl methyl sites for hydroxylation is 1. The number of rotatable bonds is 5. The van der Waals surface area contributed by atoms with Gasteiger partial charge in [0.1, 0.15) is 0 Å². The van der Waals surface area contributed by atoms with Crippen LogP contribution in [0, 0.1) is 0 Å². The van der Waals surface area contributed by atoms with Gasteiger partial charge in [-0.2, -0.15) is 8.42 Å². The molecule has 0 amide bonds. The van der Waals surface area contributed by atoms with Crippen molar-refractivity contribution in [1.29, 1.82) is 0 Å². The molecule has 1 aromatic heterocycles. The van der Waals surface area contributed by atoms with Crippen molar-refractivity contribution in [2.24, 2.45) is 7.05 Å². The fraction of sp³-hybridized carbons (Fsp3) is 0.250. The Morgan fingerprint density at radius 3 is 2.39 bits per heavy atom. The van der Waals surface area contributed by atoms with Gasteiger partial charge in [-0.05, 0) is 18.2 Å². The molecule has 0 fully saturated rings. The predicted molar refractivity (Wildman–Crippen MR) is 86.3 cm³/mol. The van der Waals surface area contributed by atoms with E-state index in [0.29, 0.717) is 0 Å². The summed E-state index contributed by atoms with van der Waals surface area (Å²) in [5, 5.41) is 0.00267. The van der Waals surface area contributed by atoms with Crippen molar-refractivity contribution in [1.82, 2.24) is 13.9 Å². The minimum atomic E-state index is -3.95. The fourth-order valence-electron chi connectivity index (χ4n) is 1.75. The molecule has 2 aromatic rings. The fourth-order valence-corrected chi connectivity index (χ4v) is 4.09.